The Bertz CT molecular complexity index is 1560. The average molecular weight is 625 g/mol. The van der Waals surface area contributed by atoms with E-state index in [2.05, 4.69) is 0 Å². The molecule has 0 radical (unpaired) electrons. The van der Waals surface area contributed by atoms with Crippen LogP contribution in [-0.2, 0) is 9.47 Å². The van der Waals surface area contributed by atoms with Gasteiger partial charge in [-0.25, -0.2) is 0 Å². The van der Waals surface area contributed by atoms with Gasteiger partial charge < -0.3 is 74.4 Å². The Balaban J connectivity index is 1.49. The number of aliphatic hydroxyl groups excluding tert-OH is 7. The molecule has 2 aliphatic heterocycles. The van der Waals surface area contributed by atoms with E-state index in [1.165, 1.54) is 25.3 Å². The third-order valence-electron chi connectivity index (χ3n) is 7.68. The van der Waals surface area contributed by atoms with Crippen molar-refractivity contribution in [2.45, 2.75) is 74.3 Å². The second-order valence-electron chi connectivity index (χ2n) is 10.6. The molecule has 10 atom stereocenters. The quantitative estimate of drug-likeness (QED) is 0.141. The maximum atomic E-state index is 13.7. The zero-order valence-corrected chi connectivity index (χ0v) is 23.0. The number of aliphatic hydroxyl groups is 7. The van der Waals surface area contributed by atoms with Gasteiger partial charge in [0.25, 0.3) is 0 Å². The highest BCUT2D eigenvalue weighted by atomic mass is 16.7. The van der Waals surface area contributed by atoms with Gasteiger partial charge in [-0.15, -0.1) is 0 Å². The van der Waals surface area contributed by atoms with Crippen LogP contribution in [0, 0.1) is 0 Å². The summed E-state index contributed by atoms with van der Waals surface area (Å²) in [6, 6.07) is 5.83. The molecule has 10 N–H and O–H groups in total. The molecule has 44 heavy (non-hydrogen) atoms. The topological polar surface area (TPSA) is 269 Å². The SMILES string of the molecule is COc1cc(-c2oc3cc(O)cc(O)c3c(=O)c2O[C@@H]2O[C@H](CC[C@H]3O[C@@H](O)[C@H](O)[C@@H](O)[C@H]3O)[C@@H](O)[C@H](O)[C@H]2O)ccc1O. The first kappa shape index (κ1) is 31.7. The number of hydrogen-bond acceptors (Lipinski definition) is 16. The van der Waals surface area contributed by atoms with E-state index in [9.17, 15) is 55.9 Å². The van der Waals surface area contributed by atoms with Gasteiger partial charge in [-0.3, -0.25) is 4.79 Å². The van der Waals surface area contributed by atoms with Crippen LogP contribution < -0.4 is 14.9 Å². The lowest BCUT2D eigenvalue weighted by Gasteiger charge is -2.42. The molecule has 240 valence electrons. The first-order valence-corrected chi connectivity index (χ1v) is 13.5. The Kier molecular flexibility index (Phi) is 8.90. The third-order valence-corrected chi connectivity index (χ3v) is 7.68. The smallest absolute Gasteiger partial charge is 0.239 e. The summed E-state index contributed by atoms with van der Waals surface area (Å²) in [7, 11) is 1.28. The number of hydrogen-bond donors (Lipinski definition) is 10. The van der Waals surface area contributed by atoms with E-state index in [0.717, 1.165) is 12.1 Å². The molecule has 0 bridgehead atoms. The number of phenolic OH excluding ortho intramolecular Hbond substituents is 3. The normalized spacial score (nSPS) is 32.5. The molecule has 3 aromatic rings. The van der Waals surface area contributed by atoms with Crippen molar-refractivity contribution in [3.05, 3.63) is 40.6 Å². The van der Waals surface area contributed by atoms with Crippen LogP contribution in [0.2, 0.25) is 0 Å². The fourth-order valence-corrected chi connectivity index (χ4v) is 5.25. The number of phenols is 3. The summed E-state index contributed by atoms with van der Waals surface area (Å²) in [5.74, 6) is -2.27. The number of aromatic hydroxyl groups is 3. The fraction of sp³-hybridized carbons (Fsp3) is 0.464. The van der Waals surface area contributed by atoms with E-state index in [-0.39, 0.29) is 41.2 Å². The van der Waals surface area contributed by atoms with Crippen LogP contribution in [0.5, 0.6) is 28.7 Å². The first-order valence-electron chi connectivity index (χ1n) is 13.5. The van der Waals surface area contributed by atoms with E-state index >= 15 is 0 Å². The summed E-state index contributed by atoms with van der Waals surface area (Å²) in [6.07, 6.45) is -17.1. The average Bonchev–Trinajstić information content (AvgIpc) is 2.98. The van der Waals surface area contributed by atoms with Gasteiger partial charge in [0.05, 0.1) is 19.3 Å². The minimum absolute atomic E-state index is 0.0163. The van der Waals surface area contributed by atoms with Gasteiger partial charge in [0, 0.05) is 17.7 Å². The number of ether oxygens (including phenoxy) is 4. The van der Waals surface area contributed by atoms with Crippen molar-refractivity contribution in [1.82, 2.24) is 0 Å². The van der Waals surface area contributed by atoms with Gasteiger partial charge in [0.2, 0.25) is 17.5 Å². The lowest BCUT2D eigenvalue weighted by atomic mass is 9.91. The molecule has 0 spiro atoms. The largest absolute Gasteiger partial charge is 0.508 e. The molecule has 0 saturated carbocycles. The Morgan fingerprint density at radius 1 is 0.750 bits per heavy atom. The van der Waals surface area contributed by atoms with Crippen molar-refractivity contribution in [2.24, 2.45) is 0 Å². The van der Waals surface area contributed by atoms with Crippen LogP contribution >= 0.6 is 0 Å². The predicted molar refractivity (Wildman–Crippen MR) is 145 cm³/mol. The van der Waals surface area contributed by atoms with Crippen LogP contribution in [0.25, 0.3) is 22.3 Å². The highest BCUT2D eigenvalue weighted by Gasteiger charge is 2.47. The zero-order chi connectivity index (χ0) is 32.0. The van der Waals surface area contributed by atoms with Gasteiger partial charge in [-0.1, -0.05) is 0 Å². The minimum Gasteiger partial charge on any atom is -0.508 e. The molecular formula is C28H32O16. The van der Waals surface area contributed by atoms with Crippen LogP contribution in [0.3, 0.4) is 0 Å². The highest BCUT2D eigenvalue weighted by Crippen LogP contribution is 2.40. The van der Waals surface area contributed by atoms with Gasteiger partial charge >= 0.3 is 0 Å². The predicted octanol–water partition coefficient (Wildman–Crippen LogP) is -1.65. The summed E-state index contributed by atoms with van der Waals surface area (Å²) in [5.41, 5.74) is -1.11. The summed E-state index contributed by atoms with van der Waals surface area (Å²) in [4.78, 5) is 13.7. The summed E-state index contributed by atoms with van der Waals surface area (Å²) < 4.78 is 27.6. The molecule has 5 rings (SSSR count). The molecular weight excluding hydrogens is 592 g/mol. The van der Waals surface area contributed by atoms with Crippen molar-refractivity contribution in [2.75, 3.05) is 7.11 Å². The van der Waals surface area contributed by atoms with Crippen molar-refractivity contribution >= 4 is 11.0 Å². The van der Waals surface area contributed by atoms with Crippen LogP contribution in [0.15, 0.2) is 39.5 Å². The molecule has 3 heterocycles. The van der Waals surface area contributed by atoms with E-state index in [4.69, 9.17) is 23.4 Å². The van der Waals surface area contributed by atoms with Crippen LogP contribution in [0.1, 0.15) is 12.8 Å². The van der Waals surface area contributed by atoms with Crippen LogP contribution in [-0.4, -0.2) is 120 Å². The van der Waals surface area contributed by atoms with E-state index < -0.39 is 89.5 Å². The molecule has 2 aliphatic rings. The fourth-order valence-electron chi connectivity index (χ4n) is 5.25. The molecule has 2 aromatic carbocycles. The lowest BCUT2D eigenvalue weighted by molar-refractivity contribution is -0.291. The minimum atomic E-state index is -1.93. The molecule has 1 aromatic heterocycles. The number of fused-ring (bicyclic) bond motifs is 1. The van der Waals surface area contributed by atoms with Gasteiger partial charge in [0.15, 0.2) is 23.5 Å². The Labute approximate surface area is 247 Å². The molecule has 16 heteroatoms. The maximum Gasteiger partial charge on any atom is 0.239 e. The van der Waals surface area contributed by atoms with E-state index in [1.54, 1.807) is 0 Å². The van der Waals surface area contributed by atoms with Crippen molar-refractivity contribution in [3.63, 3.8) is 0 Å². The van der Waals surface area contributed by atoms with Crippen molar-refractivity contribution in [3.8, 4) is 40.1 Å². The second kappa shape index (κ2) is 12.4. The summed E-state index contributed by atoms with van der Waals surface area (Å²) in [6.45, 7) is 0. The monoisotopic (exact) mass is 624 g/mol. The second-order valence-corrected chi connectivity index (χ2v) is 10.6. The Morgan fingerprint density at radius 2 is 1.39 bits per heavy atom. The highest BCUT2D eigenvalue weighted by molar-refractivity contribution is 5.88. The number of methoxy groups -OCH3 is 1. The van der Waals surface area contributed by atoms with Gasteiger partial charge in [0.1, 0.15) is 59.1 Å². The summed E-state index contributed by atoms with van der Waals surface area (Å²) >= 11 is 0. The zero-order valence-electron chi connectivity index (χ0n) is 23.0. The number of rotatable bonds is 7. The molecule has 2 saturated heterocycles. The molecule has 2 fully saturated rings. The van der Waals surface area contributed by atoms with Crippen molar-refractivity contribution in [1.29, 1.82) is 0 Å². The van der Waals surface area contributed by atoms with Crippen LogP contribution in [0.4, 0.5) is 0 Å². The summed E-state index contributed by atoms with van der Waals surface area (Å²) in [5, 5.41) is 102. The molecule has 0 unspecified atom stereocenters. The van der Waals surface area contributed by atoms with E-state index in [0.29, 0.717) is 0 Å². The first-order chi connectivity index (χ1) is 20.8. The molecule has 16 nitrogen and oxygen atoms in total. The van der Waals surface area contributed by atoms with Crippen molar-refractivity contribution < 1.29 is 74.4 Å². The lowest BCUT2D eigenvalue weighted by Crippen LogP contribution is -2.60. The maximum absolute atomic E-state index is 13.7. The Hall–Kier alpha value is -3.71. The third kappa shape index (κ3) is 5.74. The molecule has 0 aliphatic carbocycles. The van der Waals surface area contributed by atoms with E-state index in [1.807, 2.05) is 0 Å². The Morgan fingerprint density at radius 3 is 2.05 bits per heavy atom. The standard InChI is InChI=1S/C28H32O16/c1-40-15-6-9(2-3-11(15)30)25-26(20(34)17-12(31)7-10(29)8-16(17)41-25)44-28-24(38)22(36)19(33)14(43-28)5-4-13-18(32)21(35)23(37)27(39)42-13/h2-3,6-8,13-14,18-19,21-24,27-33,35-39H,4-5H2,1H3/t13-,14-,18+,19-,21+,22+,23-,24-,27-,28+/m1/s1. The van der Waals surface area contributed by atoms with Gasteiger partial charge in [-0.05, 0) is 31.0 Å². The van der Waals surface area contributed by atoms with Gasteiger partial charge in [-0.2, -0.15) is 0 Å². The number of benzene rings is 2. The molecule has 0 amide bonds.